The van der Waals surface area contributed by atoms with Gasteiger partial charge in [0.2, 0.25) is 0 Å². The molecule has 1 aromatic heterocycles. The van der Waals surface area contributed by atoms with Crippen molar-refractivity contribution in [3.63, 3.8) is 0 Å². The lowest BCUT2D eigenvalue weighted by Crippen LogP contribution is -2.47. The lowest BCUT2D eigenvalue weighted by atomic mass is 10.2. The molecular weight excluding hydrogens is 372 g/mol. The summed E-state index contributed by atoms with van der Waals surface area (Å²) in [6.45, 7) is 10.6. The predicted octanol–water partition coefficient (Wildman–Crippen LogP) is 0.974. The molecule has 0 bridgehead atoms. The van der Waals surface area contributed by atoms with Gasteiger partial charge in [-0.15, -0.1) is 0 Å². The van der Waals surface area contributed by atoms with E-state index in [-0.39, 0.29) is 36.0 Å². The summed E-state index contributed by atoms with van der Waals surface area (Å²) in [7, 11) is -2.11. The van der Waals surface area contributed by atoms with Crippen molar-refractivity contribution < 1.29 is 22.7 Å². The number of rotatable bonds is 9. The summed E-state index contributed by atoms with van der Waals surface area (Å²) in [5.74, 6) is -0.372. The minimum atomic E-state index is -3.80. The van der Waals surface area contributed by atoms with Gasteiger partial charge in [0.15, 0.2) is 11.1 Å². The number of nitrogens with one attached hydrogen (secondary N) is 1. The molecule has 1 amide bonds. The van der Waals surface area contributed by atoms with Gasteiger partial charge in [-0.25, -0.2) is 18.1 Å². The number of hydrogen-bond donors (Lipinski definition) is 1. The molecule has 1 unspecified atom stereocenters. The number of carbonyl (C=O) groups is 2. The number of hydrogen-bond acceptors (Lipinski definition) is 6. The van der Waals surface area contributed by atoms with Crippen LogP contribution in [0.1, 0.15) is 46.9 Å². The van der Waals surface area contributed by atoms with Crippen LogP contribution in [0.2, 0.25) is 0 Å². The molecule has 0 aliphatic carbocycles. The number of carbonyl (C=O) groups excluding carboxylic acids is 2. The maximum Gasteiger partial charge on any atom is 0.307 e. The van der Waals surface area contributed by atoms with Crippen molar-refractivity contribution in [1.82, 2.24) is 19.2 Å². The summed E-state index contributed by atoms with van der Waals surface area (Å²) in [5, 5.41) is -0.107. The van der Waals surface area contributed by atoms with E-state index >= 15 is 0 Å². The zero-order chi connectivity index (χ0) is 20.9. The van der Waals surface area contributed by atoms with Gasteiger partial charge in [0.25, 0.3) is 15.9 Å². The minimum absolute atomic E-state index is 0.0210. The van der Waals surface area contributed by atoms with E-state index in [1.165, 1.54) is 13.1 Å². The predicted molar refractivity (Wildman–Crippen MR) is 100 cm³/mol. The van der Waals surface area contributed by atoms with Crippen LogP contribution in [0.4, 0.5) is 0 Å². The van der Waals surface area contributed by atoms with Crippen molar-refractivity contribution in [2.45, 2.75) is 71.2 Å². The van der Waals surface area contributed by atoms with Crippen LogP contribution < -0.4 is 4.72 Å². The Morgan fingerprint density at radius 3 is 2.22 bits per heavy atom. The molecule has 0 saturated heterocycles. The largest absolute Gasteiger partial charge is 0.452 e. The number of ether oxygens (including phenoxy) is 1. The fourth-order valence-electron chi connectivity index (χ4n) is 2.64. The summed E-state index contributed by atoms with van der Waals surface area (Å²) in [4.78, 5) is 30.0. The fourth-order valence-corrected chi connectivity index (χ4v) is 3.71. The molecule has 1 N–H and O–H groups in total. The Morgan fingerprint density at radius 1 is 1.22 bits per heavy atom. The Labute approximate surface area is 161 Å². The van der Waals surface area contributed by atoms with Gasteiger partial charge >= 0.3 is 5.97 Å². The summed E-state index contributed by atoms with van der Waals surface area (Å²) in [5.41, 5.74) is 0. The van der Waals surface area contributed by atoms with Crippen molar-refractivity contribution >= 4 is 21.9 Å². The topological polar surface area (TPSA) is 111 Å². The third-order valence-electron chi connectivity index (χ3n) is 4.01. The van der Waals surface area contributed by atoms with Crippen molar-refractivity contribution in [3.05, 3.63) is 12.0 Å². The smallest absolute Gasteiger partial charge is 0.307 e. The second kappa shape index (κ2) is 9.32. The zero-order valence-electron chi connectivity index (χ0n) is 17.0. The van der Waals surface area contributed by atoms with Crippen LogP contribution in [0.5, 0.6) is 0 Å². The van der Waals surface area contributed by atoms with Crippen LogP contribution in [0.25, 0.3) is 0 Å². The van der Waals surface area contributed by atoms with Gasteiger partial charge in [0, 0.05) is 31.9 Å². The van der Waals surface area contributed by atoms with Crippen LogP contribution in [0, 0.1) is 6.92 Å². The lowest BCUT2D eigenvalue weighted by Gasteiger charge is -2.32. The Bertz CT molecular complexity index is 743. The van der Waals surface area contributed by atoms with Gasteiger partial charge in [-0.1, -0.05) is 0 Å². The zero-order valence-corrected chi connectivity index (χ0v) is 17.8. The number of aryl methyl sites for hydroxylation is 2. The molecular formula is C17H30N4O5S. The summed E-state index contributed by atoms with van der Waals surface area (Å²) in [6, 6.07) is -0.0421. The minimum Gasteiger partial charge on any atom is -0.452 e. The maximum absolute atomic E-state index is 12.4. The van der Waals surface area contributed by atoms with Gasteiger partial charge < -0.3 is 14.2 Å². The molecule has 0 aliphatic rings. The highest BCUT2D eigenvalue weighted by atomic mass is 32.2. The standard InChI is InChI=1S/C17H30N4O5S/c1-11(2)21(12(3)4)17(23)13(5)26-16(22)8-9-18-27(24,25)15-10-20(7)14(6)19-15/h10-13,18H,8-9H2,1-7H3. The third-order valence-corrected chi connectivity index (χ3v) is 5.34. The number of amides is 1. The van der Waals surface area contributed by atoms with Crippen LogP contribution in [-0.2, 0) is 31.4 Å². The SMILES string of the molecule is Cc1nc(S(=O)(=O)NCCC(=O)OC(C)C(=O)N(C(C)C)C(C)C)cn1C. The Hall–Kier alpha value is -1.94. The molecule has 27 heavy (non-hydrogen) atoms. The second-order valence-electron chi connectivity index (χ2n) is 6.95. The number of nitrogens with zero attached hydrogens (tertiary/aromatic N) is 3. The highest BCUT2D eigenvalue weighted by Crippen LogP contribution is 2.11. The molecule has 0 fully saturated rings. The number of esters is 1. The molecule has 0 radical (unpaired) electrons. The van der Waals surface area contributed by atoms with Gasteiger partial charge in [0.1, 0.15) is 5.82 Å². The van der Waals surface area contributed by atoms with Gasteiger partial charge in [-0.2, -0.15) is 0 Å². The Balaban J connectivity index is 2.56. The van der Waals surface area contributed by atoms with E-state index in [1.807, 2.05) is 27.7 Å². The van der Waals surface area contributed by atoms with E-state index in [0.29, 0.717) is 5.82 Å². The van der Waals surface area contributed by atoms with Crippen LogP contribution in [-0.4, -0.2) is 59.5 Å². The van der Waals surface area contributed by atoms with E-state index in [9.17, 15) is 18.0 Å². The average molecular weight is 403 g/mol. The van der Waals surface area contributed by atoms with Gasteiger partial charge in [-0.05, 0) is 41.5 Å². The Kier molecular flexibility index (Phi) is 7.97. The lowest BCUT2D eigenvalue weighted by molar-refractivity contribution is -0.160. The molecule has 1 heterocycles. The fraction of sp³-hybridized carbons (Fsp3) is 0.706. The molecule has 0 aliphatic heterocycles. The summed E-state index contributed by atoms with van der Waals surface area (Å²) >= 11 is 0. The monoisotopic (exact) mass is 402 g/mol. The normalized spacial score (nSPS) is 13.1. The van der Waals surface area contributed by atoms with Crippen LogP contribution >= 0.6 is 0 Å². The van der Waals surface area contributed by atoms with E-state index in [2.05, 4.69) is 9.71 Å². The van der Waals surface area contributed by atoms with E-state index in [1.54, 1.807) is 23.4 Å². The van der Waals surface area contributed by atoms with Crippen molar-refractivity contribution in [3.8, 4) is 0 Å². The highest BCUT2D eigenvalue weighted by Gasteiger charge is 2.27. The number of aromatic nitrogens is 2. The molecule has 10 heteroatoms. The molecule has 9 nitrogen and oxygen atoms in total. The average Bonchev–Trinajstić information content (AvgIpc) is 2.86. The first-order valence-corrected chi connectivity index (χ1v) is 10.4. The molecule has 1 rings (SSSR count). The molecule has 0 spiro atoms. The maximum atomic E-state index is 12.4. The van der Waals surface area contributed by atoms with E-state index < -0.39 is 22.1 Å². The van der Waals surface area contributed by atoms with Crippen LogP contribution in [0.15, 0.2) is 11.2 Å². The molecule has 0 saturated carbocycles. The first-order valence-electron chi connectivity index (χ1n) is 8.88. The number of imidazole rings is 1. The number of sulfonamides is 1. The van der Waals surface area contributed by atoms with Crippen molar-refractivity contribution in [2.75, 3.05) is 6.54 Å². The summed E-state index contributed by atoms with van der Waals surface area (Å²) in [6.07, 6.45) is 0.271. The first kappa shape index (κ1) is 23.1. The van der Waals surface area contributed by atoms with Crippen molar-refractivity contribution in [1.29, 1.82) is 0 Å². The van der Waals surface area contributed by atoms with E-state index in [4.69, 9.17) is 4.74 Å². The Morgan fingerprint density at radius 2 is 1.78 bits per heavy atom. The third kappa shape index (κ3) is 6.31. The molecule has 1 aromatic rings. The van der Waals surface area contributed by atoms with Gasteiger partial charge in [0.05, 0.1) is 6.42 Å². The quantitative estimate of drug-likeness (QED) is 0.616. The van der Waals surface area contributed by atoms with E-state index in [0.717, 1.165) is 0 Å². The summed E-state index contributed by atoms with van der Waals surface area (Å²) < 4.78 is 33.3. The highest BCUT2D eigenvalue weighted by molar-refractivity contribution is 7.89. The van der Waals surface area contributed by atoms with Crippen LogP contribution in [0.3, 0.4) is 0 Å². The molecule has 154 valence electrons. The van der Waals surface area contributed by atoms with Gasteiger partial charge in [-0.3, -0.25) is 9.59 Å². The second-order valence-corrected chi connectivity index (χ2v) is 8.66. The molecule has 0 aromatic carbocycles. The van der Waals surface area contributed by atoms with Crippen molar-refractivity contribution in [2.24, 2.45) is 7.05 Å². The molecule has 1 atom stereocenters. The first-order chi connectivity index (χ1) is 12.4.